The Morgan fingerprint density at radius 1 is 0.405 bits per heavy atom. The van der Waals surface area contributed by atoms with Gasteiger partial charge in [-0.25, -0.2) is 0 Å². The zero-order chi connectivity index (χ0) is 27.7. The van der Waals surface area contributed by atoms with Crippen molar-refractivity contribution in [1.29, 1.82) is 0 Å². The first kappa shape index (κ1) is 23.8. The molecule has 0 saturated heterocycles. The van der Waals surface area contributed by atoms with E-state index in [0.717, 1.165) is 0 Å². The van der Waals surface area contributed by atoms with Crippen molar-refractivity contribution in [2.24, 2.45) is 0 Å². The van der Waals surface area contributed by atoms with Gasteiger partial charge in [0.2, 0.25) is 0 Å². The molecule has 0 spiro atoms. The normalized spacial score (nSPS) is 13.8. The van der Waals surface area contributed by atoms with Gasteiger partial charge in [0, 0.05) is 15.2 Å². The number of benzene rings is 7. The van der Waals surface area contributed by atoms with E-state index in [0.29, 0.717) is 0 Å². The second-order valence-corrected chi connectivity index (χ2v) is 12.3. The molecule has 0 amide bonds. The molecule has 0 fully saturated rings. The highest BCUT2D eigenvalue weighted by molar-refractivity contribution is 7.99. The van der Waals surface area contributed by atoms with E-state index in [9.17, 15) is 0 Å². The summed E-state index contributed by atoms with van der Waals surface area (Å²) in [6.45, 7) is 0. The molecule has 0 bridgehead atoms. The van der Waals surface area contributed by atoms with Gasteiger partial charge in [0.25, 0.3) is 0 Å². The lowest BCUT2D eigenvalue weighted by molar-refractivity contribution is 0.770. The van der Waals surface area contributed by atoms with Crippen LogP contribution in [0.1, 0.15) is 22.3 Å². The molecule has 0 unspecified atom stereocenters. The van der Waals surface area contributed by atoms with Crippen molar-refractivity contribution in [1.82, 2.24) is 0 Å². The monoisotopic (exact) mass is 550 g/mol. The summed E-state index contributed by atoms with van der Waals surface area (Å²) in [5.41, 5.74) is 12.7. The third-order valence-electron chi connectivity index (χ3n) is 9.12. The van der Waals surface area contributed by atoms with E-state index in [1.165, 1.54) is 76.2 Å². The van der Waals surface area contributed by atoms with Gasteiger partial charge in [-0.15, -0.1) is 0 Å². The SMILES string of the molecule is c1ccc(C2(c3ccccc3)c3ccccc3-c3cccc(-c4cc5c6c(cccc6c4)Sc4ccccc4-5)c32)cc1. The van der Waals surface area contributed by atoms with Gasteiger partial charge < -0.3 is 0 Å². The lowest BCUT2D eigenvalue weighted by Gasteiger charge is -2.35. The Bertz CT molecular complexity index is 2120. The van der Waals surface area contributed by atoms with Gasteiger partial charge in [-0.1, -0.05) is 145 Å². The van der Waals surface area contributed by atoms with Crippen molar-refractivity contribution in [3.8, 4) is 33.4 Å². The molecule has 0 radical (unpaired) electrons. The second kappa shape index (κ2) is 9.08. The maximum absolute atomic E-state index is 2.45. The fourth-order valence-corrected chi connectivity index (χ4v) is 8.63. The molecule has 1 heteroatoms. The maximum Gasteiger partial charge on any atom is 0.0719 e. The maximum atomic E-state index is 2.45. The number of hydrogen-bond acceptors (Lipinski definition) is 1. The van der Waals surface area contributed by atoms with E-state index >= 15 is 0 Å². The van der Waals surface area contributed by atoms with Gasteiger partial charge >= 0.3 is 0 Å². The van der Waals surface area contributed by atoms with E-state index in [1.807, 2.05) is 11.8 Å². The molecule has 196 valence electrons. The molecule has 1 heterocycles. The molecule has 0 atom stereocenters. The van der Waals surface area contributed by atoms with Crippen LogP contribution in [0.3, 0.4) is 0 Å². The summed E-state index contributed by atoms with van der Waals surface area (Å²) < 4.78 is 0. The number of hydrogen-bond donors (Lipinski definition) is 0. The van der Waals surface area contributed by atoms with E-state index in [-0.39, 0.29) is 0 Å². The smallest absolute Gasteiger partial charge is 0.0719 e. The summed E-state index contributed by atoms with van der Waals surface area (Å²) >= 11 is 1.88. The third kappa shape index (κ3) is 3.20. The Balaban J connectivity index is 1.42. The van der Waals surface area contributed by atoms with Crippen molar-refractivity contribution in [2.45, 2.75) is 15.2 Å². The molecule has 7 aromatic carbocycles. The summed E-state index contributed by atoms with van der Waals surface area (Å²) in [5, 5.41) is 2.65. The highest BCUT2D eigenvalue weighted by atomic mass is 32.2. The summed E-state index contributed by atoms with van der Waals surface area (Å²) in [5.74, 6) is 0. The summed E-state index contributed by atoms with van der Waals surface area (Å²) in [6, 6.07) is 58.5. The zero-order valence-corrected chi connectivity index (χ0v) is 23.7. The Labute approximate surface area is 250 Å². The first-order valence-electron chi connectivity index (χ1n) is 14.5. The van der Waals surface area contributed by atoms with E-state index in [4.69, 9.17) is 0 Å². The molecule has 42 heavy (non-hydrogen) atoms. The van der Waals surface area contributed by atoms with E-state index < -0.39 is 5.41 Å². The van der Waals surface area contributed by atoms with Gasteiger partial charge in [0.05, 0.1) is 5.41 Å². The minimum absolute atomic E-state index is 0.438. The van der Waals surface area contributed by atoms with Crippen LogP contribution < -0.4 is 0 Å². The van der Waals surface area contributed by atoms with Crippen LogP contribution in [0.2, 0.25) is 0 Å². The first-order valence-corrected chi connectivity index (χ1v) is 15.3. The van der Waals surface area contributed by atoms with Crippen LogP contribution >= 0.6 is 11.8 Å². The molecule has 1 aliphatic heterocycles. The summed E-state index contributed by atoms with van der Waals surface area (Å²) in [6.07, 6.45) is 0. The average molecular weight is 551 g/mol. The van der Waals surface area contributed by atoms with Crippen LogP contribution in [0.15, 0.2) is 168 Å². The minimum atomic E-state index is -0.438. The van der Waals surface area contributed by atoms with Crippen molar-refractivity contribution in [3.63, 3.8) is 0 Å². The van der Waals surface area contributed by atoms with Gasteiger partial charge in [-0.3, -0.25) is 0 Å². The van der Waals surface area contributed by atoms with Gasteiger partial charge in [0.15, 0.2) is 0 Å². The average Bonchev–Trinajstić information content (AvgIpc) is 3.37. The molecule has 0 aromatic heterocycles. The molecule has 0 N–H and O–H groups in total. The van der Waals surface area contributed by atoms with Crippen LogP contribution in [-0.2, 0) is 5.41 Å². The highest BCUT2D eigenvalue weighted by Crippen LogP contribution is 2.59. The van der Waals surface area contributed by atoms with Gasteiger partial charge in [0.1, 0.15) is 0 Å². The molecule has 0 saturated carbocycles. The molecule has 2 aliphatic rings. The second-order valence-electron chi connectivity index (χ2n) is 11.2. The number of rotatable bonds is 3. The fourth-order valence-electron chi connectivity index (χ4n) is 7.49. The van der Waals surface area contributed by atoms with Crippen LogP contribution in [0, 0.1) is 0 Å². The van der Waals surface area contributed by atoms with Crippen LogP contribution in [0.4, 0.5) is 0 Å². The van der Waals surface area contributed by atoms with Crippen molar-refractivity contribution in [3.05, 3.63) is 180 Å². The Morgan fingerprint density at radius 2 is 1.00 bits per heavy atom. The zero-order valence-electron chi connectivity index (χ0n) is 22.9. The van der Waals surface area contributed by atoms with Crippen molar-refractivity contribution < 1.29 is 0 Å². The lowest BCUT2D eigenvalue weighted by atomic mass is 9.66. The molecule has 1 aliphatic carbocycles. The summed E-state index contributed by atoms with van der Waals surface area (Å²) in [4.78, 5) is 2.66. The highest BCUT2D eigenvalue weighted by Gasteiger charge is 2.47. The van der Waals surface area contributed by atoms with Crippen molar-refractivity contribution in [2.75, 3.05) is 0 Å². The van der Waals surface area contributed by atoms with Crippen LogP contribution in [0.5, 0.6) is 0 Å². The molecule has 7 aromatic rings. The fraction of sp³-hybridized carbons (Fsp3) is 0.0244. The quantitative estimate of drug-likeness (QED) is 0.211. The molecule has 0 nitrogen and oxygen atoms in total. The predicted molar refractivity (Wildman–Crippen MR) is 176 cm³/mol. The Morgan fingerprint density at radius 3 is 1.79 bits per heavy atom. The van der Waals surface area contributed by atoms with Gasteiger partial charge in [-0.2, -0.15) is 0 Å². The first-order chi connectivity index (χ1) is 20.8. The lowest BCUT2D eigenvalue weighted by Crippen LogP contribution is -2.29. The topological polar surface area (TPSA) is 0 Å². The van der Waals surface area contributed by atoms with E-state index in [2.05, 4.69) is 158 Å². The Hall–Kier alpha value is -4.85. The van der Waals surface area contributed by atoms with Crippen molar-refractivity contribution >= 4 is 22.5 Å². The Kier molecular flexibility index (Phi) is 5.15. The standard InChI is InChI=1S/C41H26S/c1-3-14-29(15-4-1)41(30-16-5-2-6-17-30)36-22-9-7-18-32(36)34-21-12-20-31(40(34)41)28-25-27-13-11-24-38-39(27)35(26-28)33-19-8-10-23-37(33)42-38/h1-26H. The minimum Gasteiger partial charge on any atom is -0.0888 e. The molecular formula is C41H26S. The summed E-state index contributed by atoms with van der Waals surface area (Å²) in [7, 11) is 0. The number of fused-ring (bicyclic) bond motifs is 5. The molecular weight excluding hydrogens is 525 g/mol. The predicted octanol–water partition coefficient (Wildman–Crippen LogP) is 11.0. The third-order valence-corrected chi connectivity index (χ3v) is 10.3. The molecule has 9 rings (SSSR count). The largest absolute Gasteiger partial charge is 0.0888 e. The van der Waals surface area contributed by atoms with Gasteiger partial charge in [-0.05, 0) is 85.3 Å². The van der Waals surface area contributed by atoms with Crippen LogP contribution in [-0.4, -0.2) is 0 Å². The van der Waals surface area contributed by atoms with E-state index in [1.54, 1.807) is 0 Å². The van der Waals surface area contributed by atoms with Crippen LogP contribution in [0.25, 0.3) is 44.2 Å².